The number of aromatic hydroxyl groups is 2. The summed E-state index contributed by atoms with van der Waals surface area (Å²) in [6.45, 7) is 2.30. The maximum absolute atomic E-state index is 10.2. The van der Waals surface area contributed by atoms with Gasteiger partial charge in [-0.2, -0.15) is 0 Å². The standard InChI is InChI=1S/C14H21NO2/c1-10-12(16)6-5-11(13(10)17)14(9-15)7-3-2-4-8-14/h5-6,16-17H,2-4,7-9,15H2,1H3. The minimum Gasteiger partial charge on any atom is -0.508 e. The predicted molar refractivity (Wildman–Crippen MR) is 68.3 cm³/mol. The Balaban J connectivity index is 2.47. The van der Waals surface area contributed by atoms with Crippen LogP contribution in [-0.4, -0.2) is 16.8 Å². The van der Waals surface area contributed by atoms with Crippen LogP contribution in [0.5, 0.6) is 11.5 Å². The van der Waals surface area contributed by atoms with E-state index in [1.54, 1.807) is 13.0 Å². The van der Waals surface area contributed by atoms with Gasteiger partial charge in [-0.05, 0) is 25.8 Å². The number of benzene rings is 1. The zero-order valence-corrected chi connectivity index (χ0v) is 10.4. The second-order valence-corrected chi connectivity index (χ2v) is 5.15. The number of phenolic OH excluding ortho intramolecular Hbond substituents is 2. The highest BCUT2D eigenvalue weighted by Gasteiger charge is 2.35. The van der Waals surface area contributed by atoms with Crippen molar-refractivity contribution in [2.24, 2.45) is 5.73 Å². The van der Waals surface area contributed by atoms with Crippen molar-refractivity contribution in [1.82, 2.24) is 0 Å². The summed E-state index contributed by atoms with van der Waals surface area (Å²) < 4.78 is 0. The summed E-state index contributed by atoms with van der Waals surface area (Å²) in [5.41, 5.74) is 7.33. The van der Waals surface area contributed by atoms with Crippen LogP contribution >= 0.6 is 0 Å². The van der Waals surface area contributed by atoms with Crippen LogP contribution in [0.1, 0.15) is 43.2 Å². The third kappa shape index (κ3) is 2.00. The monoisotopic (exact) mass is 235 g/mol. The van der Waals surface area contributed by atoms with E-state index in [4.69, 9.17) is 5.73 Å². The first-order chi connectivity index (χ1) is 8.10. The Morgan fingerprint density at radius 1 is 1.18 bits per heavy atom. The maximum atomic E-state index is 10.2. The summed E-state index contributed by atoms with van der Waals surface area (Å²) in [6, 6.07) is 3.49. The van der Waals surface area contributed by atoms with Crippen molar-refractivity contribution in [1.29, 1.82) is 0 Å². The van der Waals surface area contributed by atoms with Crippen molar-refractivity contribution in [3.05, 3.63) is 23.3 Å². The minimum absolute atomic E-state index is 0.0964. The van der Waals surface area contributed by atoms with Gasteiger partial charge in [0.25, 0.3) is 0 Å². The maximum Gasteiger partial charge on any atom is 0.125 e. The molecule has 94 valence electrons. The Labute approximate surface area is 102 Å². The van der Waals surface area contributed by atoms with Crippen molar-refractivity contribution in [2.75, 3.05) is 6.54 Å². The van der Waals surface area contributed by atoms with Crippen molar-refractivity contribution in [2.45, 2.75) is 44.4 Å². The molecule has 0 radical (unpaired) electrons. The van der Waals surface area contributed by atoms with Crippen LogP contribution in [0.4, 0.5) is 0 Å². The Hall–Kier alpha value is -1.22. The quantitative estimate of drug-likeness (QED) is 0.738. The van der Waals surface area contributed by atoms with Crippen molar-refractivity contribution in [3.63, 3.8) is 0 Å². The molecule has 4 N–H and O–H groups in total. The smallest absolute Gasteiger partial charge is 0.125 e. The fourth-order valence-electron chi connectivity index (χ4n) is 2.93. The van der Waals surface area contributed by atoms with Crippen LogP contribution in [0.15, 0.2) is 12.1 Å². The average molecular weight is 235 g/mol. The highest BCUT2D eigenvalue weighted by atomic mass is 16.3. The number of phenols is 2. The highest BCUT2D eigenvalue weighted by molar-refractivity contribution is 5.51. The Morgan fingerprint density at radius 3 is 2.41 bits per heavy atom. The first kappa shape index (κ1) is 12.2. The van der Waals surface area contributed by atoms with E-state index in [-0.39, 0.29) is 16.9 Å². The van der Waals surface area contributed by atoms with Crippen molar-refractivity contribution < 1.29 is 10.2 Å². The zero-order chi connectivity index (χ0) is 12.5. The molecule has 1 aliphatic rings. The van der Waals surface area contributed by atoms with Crippen molar-refractivity contribution >= 4 is 0 Å². The van der Waals surface area contributed by atoms with Gasteiger partial charge in [-0.15, -0.1) is 0 Å². The molecular weight excluding hydrogens is 214 g/mol. The fraction of sp³-hybridized carbons (Fsp3) is 0.571. The van der Waals surface area contributed by atoms with Gasteiger partial charge in [0.05, 0.1) is 0 Å². The minimum atomic E-state index is -0.0964. The molecule has 1 fully saturated rings. The van der Waals surface area contributed by atoms with Crippen molar-refractivity contribution in [3.8, 4) is 11.5 Å². The van der Waals surface area contributed by atoms with E-state index in [1.165, 1.54) is 6.42 Å². The van der Waals surface area contributed by atoms with E-state index < -0.39 is 0 Å². The Bertz CT molecular complexity index is 409. The van der Waals surface area contributed by atoms with Gasteiger partial charge in [-0.25, -0.2) is 0 Å². The summed E-state index contributed by atoms with van der Waals surface area (Å²) in [4.78, 5) is 0. The summed E-state index contributed by atoms with van der Waals surface area (Å²) in [6.07, 6.45) is 5.63. The van der Waals surface area contributed by atoms with Gasteiger partial charge in [-0.3, -0.25) is 0 Å². The number of hydrogen-bond donors (Lipinski definition) is 3. The second-order valence-electron chi connectivity index (χ2n) is 5.15. The van der Waals surface area contributed by atoms with Crippen LogP contribution in [0.2, 0.25) is 0 Å². The number of hydrogen-bond acceptors (Lipinski definition) is 3. The summed E-state index contributed by atoms with van der Waals surface area (Å²) in [5.74, 6) is 0.367. The lowest BCUT2D eigenvalue weighted by Gasteiger charge is -2.37. The molecule has 0 unspecified atom stereocenters. The van der Waals surface area contributed by atoms with Crippen LogP contribution in [-0.2, 0) is 5.41 Å². The van der Waals surface area contributed by atoms with E-state index in [2.05, 4.69) is 0 Å². The van der Waals surface area contributed by atoms with Gasteiger partial charge in [0.2, 0.25) is 0 Å². The molecule has 1 saturated carbocycles. The topological polar surface area (TPSA) is 66.5 Å². The molecule has 0 heterocycles. The highest BCUT2D eigenvalue weighted by Crippen LogP contribution is 2.44. The lowest BCUT2D eigenvalue weighted by atomic mass is 9.69. The predicted octanol–water partition coefficient (Wildman–Crippen LogP) is 2.57. The number of nitrogens with two attached hydrogens (primary N) is 1. The average Bonchev–Trinajstić information content (AvgIpc) is 2.37. The Kier molecular flexibility index (Phi) is 3.29. The van der Waals surface area contributed by atoms with Crippen LogP contribution in [0.25, 0.3) is 0 Å². The zero-order valence-electron chi connectivity index (χ0n) is 10.4. The van der Waals surface area contributed by atoms with Gasteiger partial charge in [0.15, 0.2) is 0 Å². The molecule has 0 bridgehead atoms. The number of rotatable bonds is 2. The molecule has 0 atom stereocenters. The van der Waals surface area contributed by atoms with Gasteiger partial charge >= 0.3 is 0 Å². The SMILES string of the molecule is Cc1c(O)ccc(C2(CN)CCCCC2)c1O. The second kappa shape index (κ2) is 4.57. The summed E-state index contributed by atoms with van der Waals surface area (Å²) in [7, 11) is 0. The third-order valence-electron chi connectivity index (χ3n) is 4.18. The molecule has 0 aliphatic heterocycles. The Morgan fingerprint density at radius 2 is 1.82 bits per heavy atom. The fourth-order valence-corrected chi connectivity index (χ4v) is 2.93. The van der Waals surface area contributed by atoms with Crippen LogP contribution < -0.4 is 5.73 Å². The molecule has 1 aromatic rings. The van der Waals surface area contributed by atoms with Gasteiger partial charge in [-0.1, -0.05) is 25.3 Å². The lowest BCUT2D eigenvalue weighted by molar-refractivity contribution is 0.289. The molecule has 2 rings (SSSR count). The van der Waals surface area contributed by atoms with Gasteiger partial charge < -0.3 is 15.9 Å². The molecule has 0 spiro atoms. The molecule has 1 aliphatic carbocycles. The first-order valence-corrected chi connectivity index (χ1v) is 6.33. The van der Waals surface area contributed by atoms with E-state index in [0.717, 1.165) is 31.2 Å². The first-order valence-electron chi connectivity index (χ1n) is 6.33. The molecule has 3 heteroatoms. The van der Waals surface area contributed by atoms with E-state index in [0.29, 0.717) is 12.1 Å². The third-order valence-corrected chi connectivity index (χ3v) is 4.18. The van der Waals surface area contributed by atoms with E-state index in [9.17, 15) is 10.2 Å². The largest absolute Gasteiger partial charge is 0.508 e. The summed E-state index contributed by atoms with van der Waals surface area (Å²) >= 11 is 0. The molecule has 17 heavy (non-hydrogen) atoms. The molecule has 1 aromatic carbocycles. The van der Waals surface area contributed by atoms with E-state index >= 15 is 0 Å². The van der Waals surface area contributed by atoms with Crippen LogP contribution in [0, 0.1) is 6.92 Å². The summed E-state index contributed by atoms with van der Waals surface area (Å²) in [5, 5.41) is 19.8. The van der Waals surface area contributed by atoms with Gasteiger partial charge in [0.1, 0.15) is 11.5 Å². The molecule has 0 aromatic heterocycles. The normalized spacial score (nSPS) is 19.2. The molecule has 0 amide bonds. The lowest BCUT2D eigenvalue weighted by Crippen LogP contribution is -2.37. The van der Waals surface area contributed by atoms with Crippen LogP contribution in [0.3, 0.4) is 0 Å². The molecular formula is C14H21NO2. The van der Waals surface area contributed by atoms with Gasteiger partial charge in [0, 0.05) is 23.1 Å². The molecule has 3 nitrogen and oxygen atoms in total. The molecule has 0 saturated heterocycles. The van der Waals surface area contributed by atoms with E-state index in [1.807, 2.05) is 6.07 Å².